The van der Waals surface area contributed by atoms with Crippen LogP contribution in [-0.2, 0) is 6.42 Å². The fourth-order valence-corrected chi connectivity index (χ4v) is 4.22. The fourth-order valence-electron chi connectivity index (χ4n) is 4.22. The summed E-state index contributed by atoms with van der Waals surface area (Å²) in [6, 6.07) is 8.14. The second-order valence-electron chi connectivity index (χ2n) is 7.97. The van der Waals surface area contributed by atoms with Crippen molar-refractivity contribution in [3.8, 4) is 17.0 Å². The van der Waals surface area contributed by atoms with E-state index in [2.05, 4.69) is 41.8 Å². The molecule has 31 heavy (non-hydrogen) atoms. The van der Waals surface area contributed by atoms with Gasteiger partial charge in [0.1, 0.15) is 6.10 Å². The highest BCUT2D eigenvalue weighted by Gasteiger charge is 2.23. The molecule has 0 saturated carbocycles. The summed E-state index contributed by atoms with van der Waals surface area (Å²) in [6.07, 6.45) is 8.43. The van der Waals surface area contributed by atoms with E-state index >= 15 is 0 Å². The lowest BCUT2D eigenvalue weighted by Crippen LogP contribution is -2.33. The van der Waals surface area contributed by atoms with Crippen LogP contribution in [0.15, 0.2) is 42.9 Å². The van der Waals surface area contributed by atoms with E-state index in [1.807, 2.05) is 30.5 Å². The normalized spacial score (nSPS) is 19.0. The first-order valence-electron chi connectivity index (χ1n) is 10.7. The summed E-state index contributed by atoms with van der Waals surface area (Å²) in [5, 5.41) is 24.8. The molecule has 1 saturated heterocycles. The molecule has 2 N–H and O–H groups in total. The van der Waals surface area contributed by atoms with Crippen molar-refractivity contribution in [3.05, 3.63) is 48.7 Å². The van der Waals surface area contributed by atoms with Gasteiger partial charge in [-0.2, -0.15) is 14.7 Å². The van der Waals surface area contributed by atoms with Crippen molar-refractivity contribution in [2.45, 2.75) is 31.4 Å². The minimum Gasteiger partial charge on any atom is -0.484 e. The predicted octanol–water partition coefficient (Wildman–Crippen LogP) is 1.72. The second-order valence-corrected chi connectivity index (χ2v) is 7.97. The lowest BCUT2D eigenvalue weighted by atomic mass is 10.1. The van der Waals surface area contributed by atoms with Gasteiger partial charge in [0.2, 0.25) is 0 Å². The van der Waals surface area contributed by atoms with Crippen LogP contribution in [0.3, 0.4) is 0 Å². The van der Waals surface area contributed by atoms with Crippen molar-refractivity contribution in [1.82, 2.24) is 39.9 Å². The van der Waals surface area contributed by atoms with Crippen LogP contribution in [0.2, 0.25) is 0 Å². The van der Waals surface area contributed by atoms with E-state index in [4.69, 9.17) is 9.84 Å². The Labute approximate surface area is 178 Å². The number of nitrogens with one attached hydrogen (secondary N) is 2. The van der Waals surface area contributed by atoms with E-state index in [1.54, 1.807) is 10.7 Å². The maximum absolute atomic E-state index is 6.09. The number of fused-ring (bicyclic) bond motifs is 2. The van der Waals surface area contributed by atoms with Crippen LogP contribution < -0.4 is 15.4 Å². The standard InChI is InChI=1S/C21H23N9O/c1-2-18-21(23-7-1)24-12-16(31-18)10-20-27-26-19-4-3-17(28-30(19)20)14-11-25-29(13-14)15-5-8-22-9-6-15/h1-4,7,11,13,15-16,22H,5-6,8-10,12H2,(H,23,24). The van der Waals surface area contributed by atoms with Gasteiger partial charge in [0.15, 0.2) is 23.0 Å². The molecule has 2 aliphatic rings. The molecule has 0 aliphatic carbocycles. The number of piperidine rings is 1. The van der Waals surface area contributed by atoms with Crippen LogP contribution in [0.5, 0.6) is 5.75 Å². The summed E-state index contributed by atoms with van der Waals surface area (Å²) in [5.74, 6) is 2.30. The number of anilines is 1. The third kappa shape index (κ3) is 3.48. The van der Waals surface area contributed by atoms with Crippen molar-refractivity contribution in [3.63, 3.8) is 0 Å². The van der Waals surface area contributed by atoms with Gasteiger partial charge in [0.25, 0.3) is 0 Å². The van der Waals surface area contributed by atoms with Gasteiger partial charge in [0, 0.05) is 24.4 Å². The molecule has 4 aromatic heterocycles. The molecule has 6 heterocycles. The number of hydrogen-bond acceptors (Lipinski definition) is 8. The van der Waals surface area contributed by atoms with E-state index in [9.17, 15) is 0 Å². The molecule has 1 atom stereocenters. The zero-order valence-corrected chi connectivity index (χ0v) is 17.0. The summed E-state index contributed by atoms with van der Waals surface area (Å²) in [4.78, 5) is 4.29. The van der Waals surface area contributed by atoms with Gasteiger partial charge in [-0.3, -0.25) is 4.68 Å². The molecule has 0 spiro atoms. The number of hydrogen-bond donors (Lipinski definition) is 2. The van der Waals surface area contributed by atoms with E-state index in [-0.39, 0.29) is 6.10 Å². The first kappa shape index (κ1) is 18.3. The maximum atomic E-state index is 6.09. The van der Waals surface area contributed by atoms with Crippen LogP contribution >= 0.6 is 0 Å². The molecule has 0 amide bonds. The van der Waals surface area contributed by atoms with Crippen LogP contribution in [-0.4, -0.2) is 60.3 Å². The highest BCUT2D eigenvalue weighted by atomic mass is 16.5. The van der Waals surface area contributed by atoms with Gasteiger partial charge in [-0.05, 0) is 50.2 Å². The molecular formula is C21H23N9O. The number of pyridine rings is 1. The lowest BCUT2D eigenvalue weighted by Gasteiger charge is -2.25. The minimum atomic E-state index is -0.0720. The third-order valence-electron chi connectivity index (χ3n) is 5.88. The molecule has 10 heteroatoms. The number of rotatable bonds is 4. The first-order valence-corrected chi connectivity index (χ1v) is 10.7. The Morgan fingerprint density at radius 2 is 2.06 bits per heavy atom. The molecule has 158 valence electrons. The highest BCUT2D eigenvalue weighted by Crippen LogP contribution is 2.27. The molecule has 1 fully saturated rings. The number of nitrogens with zero attached hydrogens (tertiary/aromatic N) is 7. The Morgan fingerprint density at radius 3 is 3.00 bits per heavy atom. The van der Waals surface area contributed by atoms with E-state index in [0.29, 0.717) is 19.0 Å². The van der Waals surface area contributed by atoms with Crippen molar-refractivity contribution < 1.29 is 4.74 Å². The summed E-state index contributed by atoms with van der Waals surface area (Å²) in [5.41, 5.74) is 2.57. The Morgan fingerprint density at radius 1 is 1.13 bits per heavy atom. The number of ether oxygens (including phenoxy) is 1. The topological polar surface area (TPSA) is 107 Å². The average molecular weight is 417 g/mol. The summed E-state index contributed by atoms with van der Waals surface area (Å²) >= 11 is 0. The van der Waals surface area contributed by atoms with E-state index < -0.39 is 0 Å². The fraction of sp³-hybridized carbons (Fsp3) is 0.381. The van der Waals surface area contributed by atoms with Gasteiger partial charge < -0.3 is 15.4 Å². The SMILES string of the molecule is c1cnc2c(c1)OC(Cc1nnc3ccc(-c4cnn(C5CCNCC5)c4)nn13)CN2. The Balaban J connectivity index is 1.25. The summed E-state index contributed by atoms with van der Waals surface area (Å²) in [7, 11) is 0. The average Bonchev–Trinajstić information content (AvgIpc) is 3.47. The van der Waals surface area contributed by atoms with Crippen LogP contribution in [0.1, 0.15) is 24.7 Å². The van der Waals surface area contributed by atoms with Crippen molar-refractivity contribution >= 4 is 11.5 Å². The van der Waals surface area contributed by atoms with Gasteiger partial charge in [-0.25, -0.2) is 4.98 Å². The van der Waals surface area contributed by atoms with Crippen LogP contribution in [0.25, 0.3) is 16.9 Å². The quantitative estimate of drug-likeness (QED) is 0.517. The zero-order chi connectivity index (χ0) is 20.6. The highest BCUT2D eigenvalue weighted by molar-refractivity contribution is 5.58. The molecule has 0 radical (unpaired) electrons. The van der Waals surface area contributed by atoms with Crippen molar-refractivity contribution in [2.24, 2.45) is 0 Å². The van der Waals surface area contributed by atoms with E-state index in [0.717, 1.165) is 60.2 Å². The van der Waals surface area contributed by atoms with Gasteiger partial charge in [0.05, 0.1) is 24.5 Å². The molecule has 4 aromatic rings. The molecule has 1 unspecified atom stereocenters. The molecule has 0 aromatic carbocycles. The monoisotopic (exact) mass is 417 g/mol. The first-order chi connectivity index (χ1) is 15.3. The Kier molecular flexibility index (Phi) is 4.49. The van der Waals surface area contributed by atoms with Gasteiger partial charge in [-0.15, -0.1) is 10.2 Å². The van der Waals surface area contributed by atoms with Gasteiger partial charge in [-0.1, -0.05) is 0 Å². The lowest BCUT2D eigenvalue weighted by molar-refractivity contribution is 0.202. The van der Waals surface area contributed by atoms with Crippen LogP contribution in [0.4, 0.5) is 5.82 Å². The Bertz CT molecular complexity index is 1210. The maximum Gasteiger partial charge on any atom is 0.177 e. The summed E-state index contributed by atoms with van der Waals surface area (Å²) < 4.78 is 9.96. The minimum absolute atomic E-state index is 0.0720. The molecule has 10 nitrogen and oxygen atoms in total. The largest absolute Gasteiger partial charge is 0.484 e. The molecule has 2 aliphatic heterocycles. The Hall–Kier alpha value is -3.53. The predicted molar refractivity (Wildman–Crippen MR) is 114 cm³/mol. The third-order valence-corrected chi connectivity index (χ3v) is 5.88. The second kappa shape index (κ2) is 7.62. The molecule has 0 bridgehead atoms. The molecule has 6 rings (SSSR count). The summed E-state index contributed by atoms with van der Waals surface area (Å²) in [6.45, 7) is 2.72. The van der Waals surface area contributed by atoms with Gasteiger partial charge >= 0.3 is 0 Å². The zero-order valence-electron chi connectivity index (χ0n) is 17.0. The van der Waals surface area contributed by atoms with Crippen molar-refractivity contribution in [2.75, 3.05) is 25.0 Å². The van der Waals surface area contributed by atoms with Crippen LogP contribution in [0, 0.1) is 0 Å². The molecular weight excluding hydrogens is 394 g/mol. The number of aromatic nitrogens is 7. The van der Waals surface area contributed by atoms with E-state index in [1.165, 1.54) is 0 Å². The van der Waals surface area contributed by atoms with Crippen molar-refractivity contribution in [1.29, 1.82) is 0 Å². The smallest absolute Gasteiger partial charge is 0.177 e.